The zero-order valence-electron chi connectivity index (χ0n) is 22.5. The average Bonchev–Trinajstić information content (AvgIpc) is 3.28. The van der Waals surface area contributed by atoms with Crippen LogP contribution in [0, 0.1) is 0 Å². The Morgan fingerprint density at radius 1 is 0.725 bits per heavy atom. The molecule has 0 aliphatic heterocycles. The van der Waals surface area contributed by atoms with Crippen molar-refractivity contribution in [3.63, 3.8) is 0 Å². The number of amides is 1. The summed E-state index contributed by atoms with van der Waals surface area (Å²) in [7, 11) is 1.67. The lowest BCUT2D eigenvalue weighted by atomic mass is 9.98. The lowest BCUT2D eigenvalue weighted by Gasteiger charge is -2.19. The van der Waals surface area contributed by atoms with Crippen molar-refractivity contribution < 1.29 is 48.0 Å². The van der Waals surface area contributed by atoms with E-state index in [0.29, 0.717) is 39.6 Å². The number of likely N-dealkylation sites (N-methyl/N-ethyl adjacent to an activating group) is 1. The van der Waals surface area contributed by atoms with Crippen molar-refractivity contribution in [2.45, 2.75) is 18.8 Å². The van der Waals surface area contributed by atoms with Gasteiger partial charge in [-0.1, -0.05) is 48.5 Å². The Bertz CT molecular complexity index is 1110. The highest BCUT2D eigenvalue weighted by Gasteiger charge is 2.29. The number of fused-ring (bicyclic) bond motifs is 3. The maximum Gasteiger partial charge on any atom is 0.409 e. The predicted molar refractivity (Wildman–Crippen MR) is 143 cm³/mol. The molecule has 0 saturated carbocycles. The van der Waals surface area contributed by atoms with Crippen molar-refractivity contribution in [2.75, 3.05) is 66.4 Å². The van der Waals surface area contributed by atoms with Gasteiger partial charge in [0.05, 0.1) is 46.1 Å². The zero-order valence-corrected chi connectivity index (χ0v) is 22.5. The largest absolute Gasteiger partial charge is 0.476 e. The van der Waals surface area contributed by atoms with Gasteiger partial charge >= 0.3 is 18.0 Å². The first-order chi connectivity index (χ1) is 19.4. The van der Waals surface area contributed by atoms with Crippen LogP contribution >= 0.6 is 0 Å². The second-order valence-electron chi connectivity index (χ2n) is 9.01. The fourth-order valence-corrected chi connectivity index (χ4v) is 4.15. The SMILES string of the molecule is CN(CCOCCOCCOCCOC(=O)CCC(=O)C(=O)O)C(=O)OCC1c2ccccc2-c2ccccc21. The van der Waals surface area contributed by atoms with Gasteiger partial charge in [-0.15, -0.1) is 0 Å². The van der Waals surface area contributed by atoms with E-state index >= 15 is 0 Å². The van der Waals surface area contributed by atoms with Gasteiger partial charge < -0.3 is 33.7 Å². The molecule has 216 valence electrons. The van der Waals surface area contributed by atoms with Crippen molar-refractivity contribution in [2.24, 2.45) is 0 Å². The predicted octanol–water partition coefficient (Wildman–Crippen LogP) is 2.89. The maximum atomic E-state index is 12.5. The van der Waals surface area contributed by atoms with Gasteiger partial charge in [-0.05, 0) is 22.3 Å². The molecule has 0 aromatic heterocycles. The number of hydrogen-bond acceptors (Lipinski definition) is 9. The van der Waals surface area contributed by atoms with Gasteiger partial charge in [0.2, 0.25) is 5.78 Å². The molecule has 0 saturated heterocycles. The fourth-order valence-electron chi connectivity index (χ4n) is 4.15. The van der Waals surface area contributed by atoms with E-state index in [9.17, 15) is 19.2 Å². The van der Waals surface area contributed by atoms with Gasteiger partial charge in [-0.3, -0.25) is 9.59 Å². The van der Waals surface area contributed by atoms with E-state index in [2.05, 4.69) is 24.3 Å². The standard InChI is InChI=1S/C29H35NO10/c1-30(29(35)40-20-25-23-8-4-2-6-21(23)22-7-3-5-9-24(22)25)12-13-36-14-15-37-16-17-38-18-19-39-27(32)11-10-26(31)28(33)34/h2-9,25H,10-20H2,1H3,(H,33,34). The van der Waals surface area contributed by atoms with E-state index in [1.807, 2.05) is 24.3 Å². The first-order valence-corrected chi connectivity index (χ1v) is 13.1. The van der Waals surface area contributed by atoms with Gasteiger partial charge in [0.15, 0.2) is 0 Å². The number of Topliss-reactive ketones (excluding diaryl/α,β-unsaturated/α-hetero) is 1. The monoisotopic (exact) mass is 557 g/mol. The number of aliphatic carboxylic acids is 1. The number of carboxylic acid groups (broad SMARTS) is 1. The summed E-state index contributed by atoms with van der Waals surface area (Å²) in [5.41, 5.74) is 4.70. The van der Waals surface area contributed by atoms with Crippen molar-refractivity contribution in [3.8, 4) is 11.1 Å². The number of carbonyl (C=O) groups is 4. The Hall–Kier alpha value is -3.80. The van der Waals surface area contributed by atoms with E-state index < -0.39 is 30.2 Å². The number of ketones is 1. The number of ether oxygens (including phenoxy) is 5. The number of benzene rings is 2. The van der Waals surface area contributed by atoms with Crippen LogP contribution in [0.1, 0.15) is 29.9 Å². The lowest BCUT2D eigenvalue weighted by molar-refractivity contribution is -0.151. The number of carboxylic acids is 1. The van der Waals surface area contributed by atoms with E-state index in [-0.39, 0.29) is 32.2 Å². The number of hydrogen-bond donors (Lipinski definition) is 1. The molecule has 1 N–H and O–H groups in total. The van der Waals surface area contributed by atoms with Crippen LogP contribution in [0.5, 0.6) is 0 Å². The fraction of sp³-hybridized carbons (Fsp3) is 0.448. The Morgan fingerprint density at radius 3 is 1.82 bits per heavy atom. The second-order valence-corrected chi connectivity index (χ2v) is 9.01. The molecule has 3 rings (SSSR count). The summed E-state index contributed by atoms with van der Waals surface area (Å²) in [4.78, 5) is 46.7. The molecule has 40 heavy (non-hydrogen) atoms. The van der Waals surface area contributed by atoms with Crippen LogP contribution in [0.4, 0.5) is 4.79 Å². The highest BCUT2D eigenvalue weighted by molar-refractivity contribution is 6.32. The van der Waals surface area contributed by atoms with Crippen LogP contribution in [0.2, 0.25) is 0 Å². The molecule has 0 atom stereocenters. The third-order valence-electron chi connectivity index (χ3n) is 6.25. The van der Waals surface area contributed by atoms with Gasteiger partial charge in [0.1, 0.15) is 13.2 Å². The minimum absolute atomic E-state index is 0.000396. The van der Waals surface area contributed by atoms with Crippen LogP contribution in [-0.2, 0) is 38.1 Å². The molecule has 0 fully saturated rings. The molecule has 2 aromatic rings. The first-order valence-electron chi connectivity index (χ1n) is 13.1. The normalized spacial score (nSPS) is 11.9. The van der Waals surface area contributed by atoms with Crippen molar-refractivity contribution in [3.05, 3.63) is 59.7 Å². The Kier molecular flexibility index (Phi) is 12.6. The maximum absolute atomic E-state index is 12.5. The smallest absolute Gasteiger partial charge is 0.409 e. The van der Waals surface area contributed by atoms with E-state index in [1.54, 1.807) is 7.05 Å². The molecule has 2 aromatic carbocycles. The Morgan fingerprint density at radius 2 is 1.25 bits per heavy atom. The number of esters is 1. The summed E-state index contributed by atoms with van der Waals surface area (Å²) < 4.78 is 26.7. The zero-order chi connectivity index (χ0) is 28.7. The molecule has 0 heterocycles. The molecule has 0 radical (unpaired) electrons. The van der Waals surface area contributed by atoms with Crippen molar-refractivity contribution in [1.82, 2.24) is 4.90 Å². The highest BCUT2D eigenvalue weighted by atomic mass is 16.6. The van der Waals surface area contributed by atoms with Crippen LogP contribution in [0.25, 0.3) is 11.1 Å². The summed E-state index contributed by atoms with van der Waals surface area (Å²) in [5, 5.41) is 8.45. The molecular formula is C29H35NO10. The van der Waals surface area contributed by atoms with Gasteiger partial charge in [-0.25, -0.2) is 9.59 Å². The molecule has 11 nitrogen and oxygen atoms in total. The minimum atomic E-state index is -1.57. The molecule has 0 spiro atoms. The van der Waals surface area contributed by atoms with Crippen LogP contribution in [0.15, 0.2) is 48.5 Å². The molecule has 1 amide bonds. The third kappa shape index (κ3) is 9.44. The summed E-state index contributed by atoms with van der Waals surface area (Å²) in [6.07, 6.45) is -1.08. The van der Waals surface area contributed by atoms with Gasteiger partial charge in [0.25, 0.3) is 0 Å². The Labute approximate surface area is 232 Å². The molecule has 1 aliphatic carbocycles. The van der Waals surface area contributed by atoms with Crippen LogP contribution in [0.3, 0.4) is 0 Å². The van der Waals surface area contributed by atoms with Gasteiger partial charge in [0, 0.05) is 25.9 Å². The summed E-state index contributed by atoms with van der Waals surface area (Å²) in [6, 6.07) is 16.4. The van der Waals surface area contributed by atoms with Gasteiger partial charge in [-0.2, -0.15) is 0 Å². The average molecular weight is 558 g/mol. The molecule has 0 bridgehead atoms. The molecule has 0 unspecified atom stereocenters. The van der Waals surface area contributed by atoms with Crippen molar-refractivity contribution >= 4 is 23.8 Å². The third-order valence-corrected chi connectivity index (χ3v) is 6.25. The first kappa shape index (κ1) is 30.7. The molecule has 11 heteroatoms. The topological polar surface area (TPSA) is 138 Å². The summed E-state index contributed by atoms with van der Waals surface area (Å²) in [5.74, 6) is -3.24. The number of carbonyl (C=O) groups excluding carboxylic acids is 3. The van der Waals surface area contributed by atoms with Crippen molar-refractivity contribution in [1.29, 1.82) is 0 Å². The molecule has 1 aliphatic rings. The van der Waals surface area contributed by atoms with E-state index in [0.717, 1.165) is 0 Å². The highest BCUT2D eigenvalue weighted by Crippen LogP contribution is 2.44. The molecular weight excluding hydrogens is 522 g/mol. The Balaban J connectivity index is 1.17. The lowest BCUT2D eigenvalue weighted by Crippen LogP contribution is -2.32. The summed E-state index contributed by atoms with van der Waals surface area (Å²) in [6.45, 7) is 2.46. The number of rotatable bonds is 18. The quantitative estimate of drug-likeness (QED) is 0.165. The van der Waals surface area contributed by atoms with Crippen LogP contribution < -0.4 is 0 Å². The summed E-state index contributed by atoms with van der Waals surface area (Å²) >= 11 is 0. The second kappa shape index (κ2) is 16.3. The van der Waals surface area contributed by atoms with Crippen LogP contribution in [-0.4, -0.2) is 100 Å². The minimum Gasteiger partial charge on any atom is -0.476 e. The number of nitrogens with zero attached hydrogens (tertiary/aromatic N) is 1. The van der Waals surface area contributed by atoms with E-state index in [4.69, 9.17) is 28.8 Å². The van der Waals surface area contributed by atoms with E-state index in [1.165, 1.54) is 27.2 Å².